The third-order valence-electron chi connectivity index (χ3n) is 3.67. The number of carbonyl (C=O) groups is 1. The van der Waals surface area contributed by atoms with Crippen LogP contribution < -0.4 is 15.6 Å². The van der Waals surface area contributed by atoms with Crippen LogP contribution in [0.3, 0.4) is 0 Å². The minimum absolute atomic E-state index is 0.0840. The highest BCUT2D eigenvalue weighted by Gasteiger charge is 2.16. The van der Waals surface area contributed by atoms with Gasteiger partial charge in [-0.15, -0.1) is 0 Å². The summed E-state index contributed by atoms with van der Waals surface area (Å²) in [5.74, 6) is 0.00221. The van der Waals surface area contributed by atoms with Gasteiger partial charge in [-0.3, -0.25) is 9.59 Å². The Morgan fingerprint density at radius 1 is 1.36 bits per heavy atom. The summed E-state index contributed by atoms with van der Waals surface area (Å²) in [6, 6.07) is 6.81. The third-order valence-corrected chi connectivity index (χ3v) is 4.66. The molecule has 0 spiro atoms. The number of unbranched alkanes of at least 4 members (excludes halogenated alkanes) is 1. The third kappa shape index (κ3) is 3.53. The van der Waals surface area contributed by atoms with E-state index in [9.17, 15) is 9.59 Å². The molecule has 1 N–H and O–H groups in total. The lowest BCUT2D eigenvalue weighted by Gasteiger charge is -2.08. The second kappa shape index (κ2) is 7.43. The molecule has 0 aliphatic carbocycles. The summed E-state index contributed by atoms with van der Waals surface area (Å²) in [5, 5.41) is 7.76. The number of rotatable bonds is 6. The molecular formula is C17H18N4O3S. The number of nitrogens with zero attached hydrogens (tertiary/aromatic N) is 3. The topological polar surface area (TPSA) is 85.6 Å². The summed E-state index contributed by atoms with van der Waals surface area (Å²) in [6.07, 6.45) is 4.24. The van der Waals surface area contributed by atoms with Crippen LogP contribution >= 0.6 is 11.3 Å². The first kappa shape index (κ1) is 17.1. The molecule has 3 aromatic rings. The fourth-order valence-corrected chi connectivity index (χ4v) is 3.26. The number of methoxy groups -OCH3 is 1. The van der Waals surface area contributed by atoms with Crippen LogP contribution in [-0.4, -0.2) is 27.6 Å². The van der Waals surface area contributed by atoms with Gasteiger partial charge in [-0.2, -0.15) is 9.61 Å². The summed E-state index contributed by atoms with van der Waals surface area (Å²) in [6.45, 7) is 2.10. The van der Waals surface area contributed by atoms with Crippen LogP contribution in [0.1, 0.15) is 35.1 Å². The van der Waals surface area contributed by atoms with Gasteiger partial charge in [0.1, 0.15) is 16.4 Å². The second-order valence-electron chi connectivity index (χ2n) is 5.43. The summed E-state index contributed by atoms with van der Waals surface area (Å²) in [4.78, 5) is 29.8. The molecule has 130 valence electrons. The molecule has 0 aliphatic rings. The molecule has 0 radical (unpaired) electrons. The normalized spacial score (nSPS) is 10.8. The SMILES string of the molecule is CCCCc1nn2c(=O)c(NC(=O)c3ccccc3OC)cnc2s1. The quantitative estimate of drug-likeness (QED) is 0.732. The Morgan fingerprint density at radius 2 is 2.16 bits per heavy atom. The predicted molar refractivity (Wildman–Crippen MR) is 96.7 cm³/mol. The molecule has 0 saturated heterocycles. The van der Waals surface area contributed by atoms with Crippen molar-refractivity contribution in [1.82, 2.24) is 14.6 Å². The van der Waals surface area contributed by atoms with E-state index in [0.717, 1.165) is 24.3 Å². The van der Waals surface area contributed by atoms with Crippen molar-refractivity contribution in [1.29, 1.82) is 0 Å². The number of hydrogen-bond donors (Lipinski definition) is 1. The molecule has 25 heavy (non-hydrogen) atoms. The van der Waals surface area contributed by atoms with Crippen LogP contribution in [0, 0.1) is 0 Å². The van der Waals surface area contributed by atoms with Crippen molar-refractivity contribution in [2.75, 3.05) is 12.4 Å². The summed E-state index contributed by atoms with van der Waals surface area (Å²) >= 11 is 1.39. The number of ether oxygens (including phenoxy) is 1. The van der Waals surface area contributed by atoms with Gasteiger partial charge in [0.05, 0.1) is 18.9 Å². The Labute approximate surface area is 148 Å². The van der Waals surface area contributed by atoms with Gasteiger partial charge in [0.25, 0.3) is 11.5 Å². The maximum absolute atomic E-state index is 12.6. The zero-order chi connectivity index (χ0) is 17.8. The zero-order valence-corrected chi connectivity index (χ0v) is 14.8. The van der Waals surface area contributed by atoms with Gasteiger partial charge in [0, 0.05) is 6.42 Å². The predicted octanol–water partition coefficient (Wildman–Crippen LogP) is 2.75. The van der Waals surface area contributed by atoms with E-state index in [-0.39, 0.29) is 5.69 Å². The van der Waals surface area contributed by atoms with E-state index < -0.39 is 11.5 Å². The lowest BCUT2D eigenvalue weighted by atomic mass is 10.2. The van der Waals surface area contributed by atoms with Gasteiger partial charge in [-0.25, -0.2) is 4.98 Å². The Balaban J connectivity index is 1.90. The van der Waals surface area contributed by atoms with Gasteiger partial charge < -0.3 is 10.1 Å². The average molecular weight is 358 g/mol. The average Bonchev–Trinajstić information content (AvgIpc) is 3.06. The Kier molecular flexibility index (Phi) is 5.08. The van der Waals surface area contributed by atoms with Crippen LogP contribution in [0.5, 0.6) is 5.75 Å². The molecule has 3 rings (SSSR count). The monoisotopic (exact) mass is 358 g/mol. The molecule has 0 unspecified atom stereocenters. The smallest absolute Gasteiger partial charge is 0.298 e. The number of para-hydroxylation sites is 1. The van der Waals surface area contributed by atoms with Gasteiger partial charge in [-0.1, -0.05) is 36.8 Å². The lowest BCUT2D eigenvalue weighted by molar-refractivity contribution is 0.102. The highest BCUT2D eigenvalue weighted by molar-refractivity contribution is 7.16. The van der Waals surface area contributed by atoms with E-state index in [0.29, 0.717) is 16.3 Å². The molecular weight excluding hydrogens is 340 g/mol. The molecule has 0 fully saturated rings. The molecule has 0 bridgehead atoms. The van der Waals surface area contributed by atoms with Gasteiger partial charge in [0.15, 0.2) is 0 Å². The van der Waals surface area contributed by atoms with E-state index in [1.165, 1.54) is 29.2 Å². The first-order chi connectivity index (χ1) is 12.1. The molecule has 1 amide bonds. The van der Waals surface area contributed by atoms with Crippen molar-refractivity contribution in [3.63, 3.8) is 0 Å². The Hall–Kier alpha value is -2.74. The highest BCUT2D eigenvalue weighted by atomic mass is 32.1. The van der Waals surface area contributed by atoms with Crippen molar-refractivity contribution in [2.24, 2.45) is 0 Å². The summed E-state index contributed by atoms with van der Waals surface area (Å²) in [7, 11) is 1.49. The molecule has 2 aromatic heterocycles. The van der Waals surface area contributed by atoms with Gasteiger partial charge in [0.2, 0.25) is 4.96 Å². The molecule has 0 atom stereocenters. The number of amides is 1. The van der Waals surface area contributed by atoms with Crippen molar-refractivity contribution in [3.05, 3.63) is 51.4 Å². The van der Waals surface area contributed by atoms with Crippen LogP contribution in [0.2, 0.25) is 0 Å². The van der Waals surface area contributed by atoms with Crippen molar-refractivity contribution < 1.29 is 9.53 Å². The minimum atomic E-state index is -0.433. The van der Waals surface area contributed by atoms with E-state index in [1.807, 2.05) is 0 Å². The van der Waals surface area contributed by atoms with Gasteiger partial charge >= 0.3 is 0 Å². The maximum Gasteiger partial charge on any atom is 0.298 e. The highest BCUT2D eigenvalue weighted by Crippen LogP contribution is 2.19. The van der Waals surface area contributed by atoms with E-state index in [4.69, 9.17) is 4.74 Å². The Morgan fingerprint density at radius 3 is 2.92 bits per heavy atom. The van der Waals surface area contributed by atoms with Gasteiger partial charge in [-0.05, 0) is 18.6 Å². The number of aromatic nitrogens is 3. The van der Waals surface area contributed by atoms with Crippen molar-refractivity contribution >= 4 is 27.9 Å². The van der Waals surface area contributed by atoms with Crippen LogP contribution in [0.4, 0.5) is 5.69 Å². The standard InChI is InChI=1S/C17H18N4O3S/c1-3-4-9-14-20-21-16(23)12(10-18-17(21)25-14)19-15(22)11-7-5-6-8-13(11)24-2/h5-8,10H,3-4,9H2,1-2H3,(H,19,22). The number of carbonyl (C=O) groups excluding carboxylic acids is 1. The Bertz CT molecular complexity index is 964. The first-order valence-electron chi connectivity index (χ1n) is 7.96. The van der Waals surface area contributed by atoms with E-state index in [2.05, 4.69) is 22.3 Å². The molecule has 2 heterocycles. The molecule has 0 saturated carbocycles. The number of hydrogen-bond acceptors (Lipinski definition) is 6. The van der Waals surface area contributed by atoms with E-state index >= 15 is 0 Å². The molecule has 0 aliphatic heterocycles. The number of benzene rings is 1. The first-order valence-corrected chi connectivity index (χ1v) is 8.77. The fourth-order valence-electron chi connectivity index (χ4n) is 2.36. The number of anilines is 1. The number of fused-ring (bicyclic) bond motifs is 1. The lowest BCUT2D eigenvalue weighted by Crippen LogP contribution is -2.23. The maximum atomic E-state index is 12.6. The van der Waals surface area contributed by atoms with Crippen molar-refractivity contribution in [2.45, 2.75) is 26.2 Å². The fraction of sp³-hybridized carbons (Fsp3) is 0.294. The molecule has 1 aromatic carbocycles. The zero-order valence-electron chi connectivity index (χ0n) is 14.0. The van der Waals surface area contributed by atoms with E-state index in [1.54, 1.807) is 24.3 Å². The number of nitrogens with one attached hydrogen (secondary N) is 1. The second-order valence-corrected chi connectivity index (χ2v) is 6.47. The van der Waals surface area contributed by atoms with Crippen LogP contribution in [0.15, 0.2) is 35.3 Å². The molecule has 8 heteroatoms. The van der Waals surface area contributed by atoms with Crippen LogP contribution in [-0.2, 0) is 6.42 Å². The minimum Gasteiger partial charge on any atom is -0.496 e. The van der Waals surface area contributed by atoms with Crippen LogP contribution in [0.25, 0.3) is 4.96 Å². The largest absolute Gasteiger partial charge is 0.496 e. The summed E-state index contributed by atoms with van der Waals surface area (Å²) < 4.78 is 6.42. The van der Waals surface area contributed by atoms with Crippen molar-refractivity contribution in [3.8, 4) is 5.75 Å². The molecule has 7 nitrogen and oxygen atoms in total. The number of aryl methyl sites for hydroxylation is 1. The summed E-state index contributed by atoms with van der Waals surface area (Å²) in [5.41, 5.74) is 0.0319.